The van der Waals surface area contributed by atoms with E-state index in [9.17, 15) is 0 Å². The van der Waals surface area contributed by atoms with Crippen molar-refractivity contribution in [3.05, 3.63) is 168 Å². The summed E-state index contributed by atoms with van der Waals surface area (Å²) < 4.78 is 0. The fraction of sp³-hybridized carbons (Fsp3) is 0.0732. The van der Waals surface area contributed by atoms with Gasteiger partial charge in [-0.05, 0) is 87.8 Å². The molecule has 44 heavy (non-hydrogen) atoms. The van der Waals surface area contributed by atoms with E-state index in [0.29, 0.717) is 0 Å². The Labute approximate surface area is 259 Å². The fourth-order valence-electron chi connectivity index (χ4n) is 8.09. The Kier molecular flexibility index (Phi) is 5.37. The first-order valence-electron chi connectivity index (χ1n) is 15.5. The predicted octanol–water partition coefficient (Wildman–Crippen LogP) is 9.30. The summed E-state index contributed by atoms with van der Waals surface area (Å²) in [6, 6.07) is 55.3. The number of anilines is 6. The largest absolute Gasteiger partial charge is 0.311 e. The molecule has 0 amide bonds. The molecule has 0 radical (unpaired) electrons. The monoisotopic (exact) mass is 562 g/mol. The molecule has 0 saturated heterocycles. The molecule has 0 spiro atoms. The summed E-state index contributed by atoms with van der Waals surface area (Å²) in [5, 5.41) is 0. The molecule has 0 fully saturated rings. The Morgan fingerprint density at radius 2 is 1.14 bits per heavy atom. The molecule has 0 unspecified atom stereocenters. The lowest BCUT2D eigenvalue weighted by Gasteiger charge is -2.37. The zero-order valence-electron chi connectivity index (χ0n) is 24.9. The summed E-state index contributed by atoms with van der Waals surface area (Å²) in [7, 11) is 0. The molecular weight excluding hydrogens is 531 g/mol. The van der Waals surface area contributed by atoms with Gasteiger partial charge in [0.1, 0.15) is 0 Å². The second-order valence-corrected chi connectivity index (χ2v) is 12.6. The second kappa shape index (κ2) is 9.36. The molecule has 2 heterocycles. The van der Waals surface area contributed by atoms with Crippen molar-refractivity contribution in [2.75, 3.05) is 9.80 Å². The second-order valence-electron chi connectivity index (χ2n) is 12.6. The van der Waals surface area contributed by atoms with Crippen LogP contribution >= 0.6 is 0 Å². The molecule has 0 aromatic heterocycles. The standard InChI is InChI=1S/C41H31BN2/c1-41(2)34-23-10-9-21-32(34)40-38(41)33-22-14-26-37-39(33)42(40)35-24-11-12-25-36(35)44(37)31-20-13-19-30(27-31)43(28-15-5-3-6-16-28)29-17-7-4-8-18-29/h3-27H,1-2H3. The van der Waals surface area contributed by atoms with Crippen LogP contribution in [0.4, 0.5) is 34.1 Å². The van der Waals surface area contributed by atoms with E-state index in [4.69, 9.17) is 0 Å². The number of para-hydroxylation sites is 3. The summed E-state index contributed by atoms with van der Waals surface area (Å²) in [5.74, 6) is 0. The van der Waals surface area contributed by atoms with Crippen molar-refractivity contribution >= 4 is 62.8 Å². The average Bonchev–Trinajstić information content (AvgIpc) is 3.54. The van der Waals surface area contributed by atoms with Crippen molar-refractivity contribution in [3.63, 3.8) is 0 Å². The Morgan fingerprint density at radius 3 is 1.91 bits per heavy atom. The summed E-state index contributed by atoms with van der Waals surface area (Å²) in [6.07, 6.45) is 0. The molecule has 3 heteroatoms. The van der Waals surface area contributed by atoms with E-state index in [1.54, 1.807) is 0 Å². The highest BCUT2D eigenvalue weighted by atomic mass is 15.2. The maximum atomic E-state index is 2.49. The van der Waals surface area contributed by atoms with Gasteiger partial charge in [0.25, 0.3) is 0 Å². The Hall–Kier alpha value is -5.28. The quantitative estimate of drug-likeness (QED) is 0.198. The first kappa shape index (κ1) is 25.2. The van der Waals surface area contributed by atoms with Crippen LogP contribution in [0.15, 0.2) is 152 Å². The van der Waals surface area contributed by atoms with Gasteiger partial charge in [-0.15, -0.1) is 0 Å². The maximum Gasteiger partial charge on any atom is 0.248 e. The van der Waals surface area contributed by atoms with Gasteiger partial charge in [-0.25, -0.2) is 0 Å². The highest BCUT2D eigenvalue weighted by Crippen LogP contribution is 2.56. The highest BCUT2D eigenvalue weighted by Gasteiger charge is 2.51. The van der Waals surface area contributed by atoms with Crippen molar-refractivity contribution in [2.24, 2.45) is 0 Å². The van der Waals surface area contributed by atoms with E-state index >= 15 is 0 Å². The molecule has 0 bridgehead atoms. The Balaban J connectivity index is 1.25. The van der Waals surface area contributed by atoms with Crippen LogP contribution in [0.3, 0.4) is 0 Å². The zero-order chi connectivity index (χ0) is 29.4. The lowest BCUT2D eigenvalue weighted by atomic mass is 9.35. The maximum absolute atomic E-state index is 2.49. The van der Waals surface area contributed by atoms with Gasteiger partial charge < -0.3 is 9.80 Å². The molecule has 0 atom stereocenters. The van der Waals surface area contributed by atoms with Crippen LogP contribution in [0.1, 0.15) is 30.5 Å². The van der Waals surface area contributed by atoms with Gasteiger partial charge in [0, 0.05) is 39.5 Å². The van der Waals surface area contributed by atoms with Gasteiger partial charge in [-0.1, -0.05) is 116 Å². The zero-order valence-corrected chi connectivity index (χ0v) is 24.9. The summed E-state index contributed by atoms with van der Waals surface area (Å²) in [6.45, 7) is 5.03. The molecular formula is C41H31BN2. The minimum Gasteiger partial charge on any atom is -0.311 e. The first-order chi connectivity index (χ1) is 21.6. The molecule has 0 N–H and O–H groups in total. The van der Waals surface area contributed by atoms with Crippen LogP contribution in [-0.2, 0) is 5.41 Å². The lowest BCUT2D eigenvalue weighted by Crippen LogP contribution is -2.49. The number of benzene rings is 6. The minimum absolute atomic E-state index is 0.0516. The van der Waals surface area contributed by atoms with E-state index in [2.05, 4.69) is 175 Å². The van der Waals surface area contributed by atoms with Crippen LogP contribution < -0.4 is 20.7 Å². The Bertz CT molecular complexity index is 2070. The van der Waals surface area contributed by atoms with Crippen molar-refractivity contribution < 1.29 is 0 Å². The number of hydrogen-bond acceptors (Lipinski definition) is 2. The number of hydrogen-bond donors (Lipinski definition) is 0. The van der Waals surface area contributed by atoms with Crippen molar-refractivity contribution in [1.82, 2.24) is 0 Å². The molecule has 1 aliphatic carbocycles. The smallest absolute Gasteiger partial charge is 0.248 e. The average molecular weight is 563 g/mol. The molecule has 208 valence electrons. The van der Waals surface area contributed by atoms with Gasteiger partial charge >= 0.3 is 0 Å². The molecule has 6 aromatic rings. The topological polar surface area (TPSA) is 6.48 Å². The Morgan fingerprint density at radius 1 is 0.545 bits per heavy atom. The highest BCUT2D eigenvalue weighted by molar-refractivity contribution is 7.05. The van der Waals surface area contributed by atoms with E-state index in [1.165, 1.54) is 50.0 Å². The van der Waals surface area contributed by atoms with Crippen molar-refractivity contribution in [3.8, 4) is 0 Å². The number of nitrogens with zero attached hydrogens (tertiary/aromatic N) is 2. The van der Waals surface area contributed by atoms with Crippen molar-refractivity contribution in [2.45, 2.75) is 19.3 Å². The summed E-state index contributed by atoms with van der Waals surface area (Å²) in [4.78, 5) is 4.83. The van der Waals surface area contributed by atoms with E-state index in [0.717, 1.165) is 22.7 Å². The third kappa shape index (κ3) is 3.44. The van der Waals surface area contributed by atoms with Crippen LogP contribution in [0.2, 0.25) is 0 Å². The normalized spacial score (nSPS) is 15.0. The third-order valence-electron chi connectivity index (χ3n) is 9.82. The fourth-order valence-corrected chi connectivity index (χ4v) is 8.09. The molecule has 9 rings (SSSR count). The van der Waals surface area contributed by atoms with Crippen LogP contribution in [0.25, 0.3) is 11.0 Å². The van der Waals surface area contributed by atoms with Crippen LogP contribution in [-0.4, -0.2) is 6.71 Å². The van der Waals surface area contributed by atoms with E-state index in [1.807, 2.05) is 0 Å². The molecule has 0 saturated carbocycles. The van der Waals surface area contributed by atoms with E-state index in [-0.39, 0.29) is 12.1 Å². The van der Waals surface area contributed by atoms with E-state index < -0.39 is 0 Å². The van der Waals surface area contributed by atoms with Crippen molar-refractivity contribution in [1.29, 1.82) is 0 Å². The number of allylic oxidation sites excluding steroid dienone is 1. The predicted molar refractivity (Wildman–Crippen MR) is 187 cm³/mol. The number of rotatable bonds is 4. The summed E-state index contributed by atoms with van der Waals surface area (Å²) >= 11 is 0. The number of fused-ring (bicyclic) bond motifs is 6. The third-order valence-corrected chi connectivity index (χ3v) is 9.82. The van der Waals surface area contributed by atoms with Gasteiger partial charge in [0.15, 0.2) is 0 Å². The van der Waals surface area contributed by atoms with Gasteiger partial charge in [0.05, 0.1) is 0 Å². The van der Waals surface area contributed by atoms with Gasteiger partial charge in [0.2, 0.25) is 6.71 Å². The summed E-state index contributed by atoms with van der Waals surface area (Å²) in [5.41, 5.74) is 17.1. The SMILES string of the molecule is CC1(C)C2=C(B3c4ccccc4N(c4cccc(N(c5ccccc5)c5ccccc5)c4)c4cccc2c43)c2ccccc21. The molecule has 3 aliphatic rings. The lowest BCUT2D eigenvalue weighted by molar-refractivity contribution is 0.704. The van der Waals surface area contributed by atoms with Crippen LogP contribution in [0, 0.1) is 0 Å². The molecule has 6 aromatic carbocycles. The first-order valence-corrected chi connectivity index (χ1v) is 15.5. The molecule has 2 nitrogen and oxygen atoms in total. The van der Waals surface area contributed by atoms with Crippen LogP contribution in [0.5, 0.6) is 0 Å². The molecule has 2 aliphatic heterocycles. The minimum atomic E-state index is -0.0516. The van der Waals surface area contributed by atoms with Gasteiger partial charge in [-0.3, -0.25) is 0 Å². The van der Waals surface area contributed by atoms with Gasteiger partial charge in [-0.2, -0.15) is 0 Å².